The van der Waals surface area contributed by atoms with Crippen LogP contribution in [0.5, 0.6) is 5.75 Å². The summed E-state index contributed by atoms with van der Waals surface area (Å²) in [6.07, 6.45) is 1.18. The highest BCUT2D eigenvalue weighted by Gasteiger charge is 2.28. The Morgan fingerprint density at radius 3 is 3.05 bits per heavy atom. The van der Waals surface area contributed by atoms with Crippen molar-refractivity contribution >= 4 is 11.5 Å². The van der Waals surface area contributed by atoms with Crippen LogP contribution in [-0.2, 0) is 11.3 Å². The van der Waals surface area contributed by atoms with Crippen LogP contribution in [0.15, 0.2) is 23.2 Å². The average molecular weight is 289 g/mol. The molecule has 1 unspecified atom stereocenters. The van der Waals surface area contributed by atoms with E-state index in [1.807, 2.05) is 12.1 Å². The number of aliphatic imine (C=N–C) groups is 1. The molecular formula is C16H23N3O2. The third kappa shape index (κ3) is 3.04. The summed E-state index contributed by atoms with van der Waals surface area (Å²) in [7, 11) is 1.69. The van der Waals surface area contributed by atoms with E-state index in [9.17, 15) is 0 Å². The van der Waals surface area contributed by atoms with Gasteiger partial charge in [0.05, 0.1) is 18.8 Å². The van der Waals surface area contributed by atoms with Gasteiger partial charge in [0.1, 0.15) is 18.2 Å². The van der Waals surface area contributed by atoms with Crippen LogP contribution in [-0.4, -0.2) is 50.2 Å². The zero-order valence-corrected chi connectivity index (χ0v) is 12.8. The molecule has 0 spiro atoms. The summed E-state index contributed by atoms with van der Waals surface area (Å²) in [5.41, 5.74) is 2.22. The Kier molecular flexibility index (Phi) is 4.41. The number of benzene rings is 1. The first-order chi connectivity index (χ1) is 10.3. The van der Waals surface area contributed by atoms with Gasteiger partial charge >= 0.3 is 0 Å². The minimum absolute atomic E-state index is 0.536. The van der Waals surface area contributed by atoms with Gasteiger partial charge in [-0.2, -0.15) is 0 Å². The monoisotopic (exact) mass is 289 g/mol. The molecule has 114 valence electrons. The molecule has 2 aliphatic rings. The maximum Gasteiger partial charge on any atom is 0.126 e. The molecule has 2 aliphatic heterocycles. The van der Waals surface area contributed by atoms with E-state index in [1.165, 1.54) is 12.0 Å². The Morgan fingerprint density at radius 1 is 1.38 bits per heavy atom. The molecule has 0 radical (unpaired) electrons. The molecule has 2 heterocycles. The van der Waals surface area contributed by atoms with Crippen LogP contribution >= 0.6 is 0 Å². The van der Waals surface area contributed by atoms with Gasteiger partial charge in [0.25, 0.3) is 0 Å². The Bertz CT molecular complexity index is 524. The molecule has 5 heteroatoms. The largest absolute Gasteiger partial charge is 0.491 e. The summed E-state index contributed by atoms with van der Waals surface area (Å²) in [5, 5.41) is 3.43. The van der Waals surface area contributed by atoms with Crippen molar-refractivity contribution in [2.24, 2.45) is 4.99 Å². The van der Waals surface area contributed by atoms with Crippen LogP contribution < -0.4 is 10.1 Å². The van der Waals surface area contributed by atoms with Crippen molar-refractivity contribution in [3.05, 3.63) is 23.8 Å². The fourth-order valence-electron chi connectivity index (χ4n) is 3.01. The molecule has 1 fully saturated rings. The molecule has 3 rings (SSSR count). The fraction of sp³-hybridized carbons (Fsp3) is 0.562. The highest BCUT2D eigenvalue weighted by molar-refractivity contribution is 5.85. The number of nitrogens with one attached hydrogen (secondary N) is 1. The average Bonchev–Trinajstić information content (AvgIpc) is 3.01. The van der Waals surface area contributed by atoms with Gasteiger partial charge in [-0.3, -0.25) is 0 Å². The summed E-state index contributed by atoms with van der Waals surface area (Å²) in [6, 6.07) is 6.63. The van der Waals surface area contributed by atoms with Crippen molar-refractivity contribution in [2.45, 2.75) is 25.9 Å². The number of methoxy groups -OCH3 is 1. The van der Waals surface area contributed by atoms with Crippen molar-refractivity contribution in [3.8, 4) is 5.75 Å². The third-order valence-electron chi connectivity index (χ3n) is 4.15. The van der Waals surface area contributed by atoms with Gasteiger partial charge < -0.3 is 19.7 Å². The van der Waals surface area contributed by atoms with E-state index in [2.05, 4.69) is 23.2 Å². The van der Waals surface area contributed by atoms with Crippen molar-refractivity contribution < 1.29 is 9.47 Å². The lowest BCUT2D eigenvalue weighted by atomic mass is 10.1. The highest BCUT2D eigenvalue weighted by atomic mass is 16.5. The zero-order valence-electron chi connectivity index (χ0n) is 12.8. The second-order valence-corrected chi connectivity index (χ2v) is 5.53. The number of ether oxygens (including phenoxy) is 2. The number of hydrogen-bond donors (Lipinski definition) is 1. The van der Waals surface area contributed by atoms with E-state index in [0.29, 0.717) is 19.3 Å². The molecule has 5 nitrogen and oxygen atoms in total. The first-order valence-corrected chi connectivity index (χ1v) is 7.56. The lowest BCUT2D eigenvalue weighted by molar-refractivity contribution is 0.145. The maximum absolute atomic E-state index is 5.85. The van der Waals surface area contributed by atoms with Crippen LogP contribution in [0.25, 0.3) is 0 Å². The second-order valence-electron chi connectivity index (χ2n) is 5.53. The molecule has 1 N–H and O–H groups in total. The van der Waals surface area contributed by atoms with E-state index in [4.69, 9.17) is 14.5 Å². The summed E-state index contributed by atoms with van der Waals surface area (Å²) in [6.45, 7) is 6.27. The molecular weight excluding hydrogens is 266 g/mol. The van der Waals surface area contributed by atoms with Gasteiger partial charge in [-0.05, 0) is 32.0 Å². The van der Waals surface area contributed by atoms with Crippen LogP contribution in [0.3, 0.4) is 0 Å². The van der Waals surface area contributed by atoms with Crippen LogP contribution in [0, 0.1) is 0 Å². The van der Waals surface area contributed by atoms with E-state index in [0.717, 1.165) is 36.9 Å². The third-order valence-corrected chi connectivity index (χ3v) is 4.15. The summed E-state index contributed by atoms with van der Waals surface area (Å²) in [4.78, 5) is 7.16. The van der Waals surface area contributed by atoms with E-state index < -0.39 is 0 Å². The second kappa shape index (κ2) is 6.45. The topological polar surface area (TPSA) is 46.1 Å². The van der Waals surface area contributed by atoms with Gasteiger partial charge in [-0.1, -0.05) is 6.07 Å². The van der Waals surface area contributed by atoms with E-state index in [-0.39, 0.29) is 0 Å². The number of rotatable bonds is 5. The van der Waals surface area contributed by atoms with Gasteiger partial charge in [0, 0.05) is 25.3 Å². The first kappa shape index (κ1) is 14.4. The predicted octanol–water partition coefficient (Wildman–Crippen LogP) is 1.94. The smallest absolute Gasteiger partial charge is 0.126 e. The summed E-state index contributed by atoms with van der Waals surface area (Å²) in [5.74, 6) is 2.03. The maximum atomic E-state index is 5.85. The molecule has 1 saturated heterocycles. The summed E-state index contributed by atoms with van der Waals surface area (Å²) >= 11 is 0. The number of fused-ring (bicyclic) bond motifs is 1. The fourth-order valence-corrected chi connectivity index (χ4v) is 3.01. The molecule has 1 aromatic rings. The first-order valence-electron chi connectivity index (χ1n) is 7.56. The van der Waals surface area contributed by atoms with Gasteiger partial charge in [-0.25, -0.2) is 4.99 Å². The quantitative estimate of drug-likeness (QED) is 0.842. The Hall–Kier alpha value is -1.59. The van der Waals surface area contributed by atoms with Gasteiger partial charge in [0.2, 0.25) is 0 Å². The molecule has 0 aromatic heterocycles. The van der Waals surface area contributed by atoms with Crippen LogP contribution in [0.4, 0.5) is 5.69 Å². The molecule has 0 bridgehead atoms. The molecule has 0 amide bonds. The van der Waals surface area contributed by atoms with Gasteiger partial charge in [-0.15, -0.1) is 0 Å². The van der Waals surface area contributed by atoms with Crippen molar-refractivity contribution in [1.29, 1.82) is 0 Å². The number of nitrogens with zero attached hydrogens (tertiary/aromatic N) is 2. The van der Waals surface area contributed by atoms with Crippen molar-refractivity contribution in [1.82, 2.24) is 10.2 Å². The number of amidine groups is 1. The normalized spacial score (nSPS) is 21.1. The minimum atomic E-state index is 0.536. The number of hydrogen-bond acceptors (Lipinski definition) is 5. The Balaban J connectivity index is 1.82. The van der Waals surface area contributed by atoms with Crippen LogP contribution in [0.2, 0.25) is 0 Å². The predicted molar refractivity (Wildman–Crippen MR) is 83.4 cm³/mol. The Labute approximate surface area is 126 Å². The molecule has 1 atom stereocenters. The lowest BCUT2D eigenvalue weighted by Gasteiger charge is -2.34. The molecule has 0 saturated carbocycles. The molecule has 0 aliphatic carbocycles. The highest BCUT2D eigenvalue weighted by Crippen LogP contribution is 2.34. The minimum Gasteiger partial charge on any atom is -0.491 e. The van der Waals surface area contributed by atoms with Gasteiger partial charge in [0.15, 0.2) is 0 Å². The van der Waals surface area contributed by atoms with Crippen molar-refractivity contribution in [3.63, 3.8) is 0 Å². The lowest BCUT2D eigenvalue weighted by Crippen LogP contribution is -2.41. The van der Waals surface area contributed by atoms with E-state index in [1.54, 1.807) is 7.11 Å². The van der Waals surface area contributed by atoms with E-state index >= 15 is 0 Å². The molecule has 1 aromatic carbocycles. The SMILES string of the molecule is COCCOc1cccc2c1CN(C1CCNC1)C(C)=N2. The van der Waals surface area contributed by atoms with Crippen molar-refractivity contribution in [2.75, 3.05) is 33.4 Å². The van der Waals surface area contributed by atoms with Crippen LogP contribution in [0.1, 0.15) is 18.9 Å². The Morgan fingerprint density at radius 2 is 2.29 bits per heavy atom. The summed E-state index contributed by atoms with van der Waals surface area (Å²) < 4.78 is 10.9. The zero-order chi connectivity index (χ0) is 14.7. The molecule has 21 heavy (non-hydrogen) atoms. The standard InChI is InChI=1S/C16H23N3O2/c1-12-18-15-4-3-5-16(21-9-8-20-2)14(15)11-19(12)13-6-7-17-10-13/h3-5,13,17H,6-11H2,1-2H3.